The fourth-order valence-electron chi connectivity index (χ4n) is 6.20. The molecule has 3 saturated heterocycles. The number of carbonyl (C=O) groups is 1. The van der Waals surface area contributed by atoms with Crippen molar-refractivity contribution in [1.29, 1.82) is 0 Å². The zero-order chi connectivity index (χ0) is 30.7. The van der Waals surface area contributed by atoms with Gasteiger partial charge in [-0.1, -0.05) is 63.3 Å². The lowest BCUT2D eigenvalue weighted by Gasteiger charge is -2.54. The molecule has 3 heterocycles. The first-order chi connectivity index (χ1) is 20.0. The molecule has 0 aliphatic carbocycles. The van der Waals surface area contributed by atoms with Crippen molar-refractivity contribution in [2.75, 3.05) is 27.6 Å². The lowest BCUT2D eigenvalue weighted by Crippen LogP contribution is -2.69. The van der Waals surface area contributed by atoms with Gasteiger partial charge in [-0.15, -0.1) is 0 Å². The molecular weight excluding hydrogens is 546 g/mol. The monoisotopic (exact) mass is 593 g/mol. The summed E-state index contributed by atoms with van der Waals surface area (Å²) in [6.07, 6.45) is -5.27. The second-order valence-corrected chi connectivity index (χ2v) is 12.1. The van der Waals surface area contributed by atoms with E-state index in [9.17, 15) is 15.0 Å². The summed E-state index contributed by atoms with van der Waals surface area (Å²) in [5, 5.41) is 22.7. The molecule has 11 heteroatoms. The van der Waals surface area contributed by atoms with Gasteiger partial charge in [0.25, 0.3) is 5.91 Å². The quantitative estimate of drug-likeness (QED) is 0.328. The Morgan fingerprint density at radius 3 is 2.50 bits per heavy atom. The molecule has 3 fully saturated rings. The third-order valence-electron chi connectivity index (χ3n) is 9.00. The number of aliphatic hydroxyl groups is 2. The highest BCUT2D eigenvalue weighted by Crippen LogP contribution is 2.44. The molecule has 1 amide bonds. The smallest absolute Gasteiger partial charge is 0.256 e. The summed E-state index contributed by atoms with van der Waals surface area (Å²) >= 11 is 0. The average Bonchev–Trinajstić information content (AvgIpc) is 2.97. The van der Waals surface area contributed by atoms with Crippen LogP contribution >= 0.6 is 0 Å². The maximum absolute atomic E-state index is 14.1. The predicted octanol–water partition coefficient (Wildman–Crippen LogP) is 2.28. The van der Waals surface area contributed by atoms with Crippen molar-refractivity contribution in [3.8, 4) is 0 Å². The number of rotatable bonds is 11. The van der Waals surface area contributed by atoms with Crippen LogP contribution in [0.3, 0.4) is 0 Å². The molecule has 42 heavy (non-hydrogen) atoms. The van der Waals surface area contributed by atoms with Crippen LogP contribution in [0.2, 0.25) is 0 Å². The lowest BCUT2D eigenvalue weighted by atomic mass is 9.72. The molecule has 11 nitrogen and oxygen atoms in total. The summed E-state index contributed by atoms with van der Waals surface area (Å²) in [6, 6.07) is 9.53. The summed E-state index contributed by atoms with van der Waals surface area (Å²) in [7, 11) is 3.09. The van der Waals surface area contributed by atoms with Crippen LogP contribution in [0.4, 0.5) is 0 Å². The molecule has 3 aliphatic heterocycles. The zero-order valence-corrected chi connectivity index (χ0v) is 25.5. The first-order valence-corrected chi connectivity index (χ1v) is 14.5. The molecule has 4 rings (SSSR count). The minimum Gasteiger partial charge on any atom is -0.394 e. The van der Waals surface area contributed by atoms with Crippen LogP contribution in [0.15, 0.2) is 42.5 Å². The van der Waals surface area contributed by atoms with E-state index in [1.54, 1.807) is 7.11 Å². The normalized spacial score (nSPS) is 36.1. The molecule has 0 saturated carbocycles. The second kappa shape index (κ2) is 13.8. The molecule has 1 aromatic carbocycles. The van der Waals surface area contributed by atoms with Gasteiger partial charge in [0.15, 0.2) is 12.3 Å². The first kappa shape index (κ1) is 33.0. The van der Waals surface area contributed by atoms with Crippen LogP contribution in [0.25, 0.3) is 0 Å². The van der Waals surface area contributed by atoms with Gasteiger partial charge in [-0.2, -0.15) is 0 Å². The van der Waals surface area contributed by atoms with Crippen molar-refractivity contribution in [3.63, 3.8) is 0 Å². The van der Waals surface area contributed by atoms with Crippen LogP contribution in [0.1, 0.15) is 46.1 Å². The Kier molecular flexibility index (Phi) is 10.8. The van der Waals surface area contributed by atoms with Gasteiger partial charge in [0, 0.05) is 38.4 Å². The molecule has 10 atom stereocenters. The Labute approximate surface area is 248 Å². The third-order valence-corrected chi connectivity index (χ3v) is 9.00. The van der Waals surface area contributed by atoms with Crippen LogP contribution in [-0.2, 0) is 44.6 Å². The standard InChI is InChI=1S/C31H47NO10/c1-18-14-31(37-7,42-20(3)19(18)2)27(38-16-21-11-9-8-10-12-21)28(35)32-29-25-24(39-17-40-29)26(36-6)30(4,5)23(41-25)13-22(34)15-33/h8-12,19-20,22-27,29,33-34H,1,13-17H2,2-7H3,(H,32,35)/t19-,20-,22-,23-,24+,25+,26-,27-,29+,31-/m1/s1. The summed E-state index contributed by atoms with van der Waals surface area (Å²) < 4.78 is 42.7. The van der Waals surface area contributed by atoms with E-state index in [2.05, 4.69) is 11.9 Å². The maximum Gasteiger partial charge on any atom is 0.256 e. The number of benzene rings is 1. The van der Waals surface area contributed by atoms with Crippen LogP contribution in [0.5, 0.6) is 0 Å². The van der Waals surface area contributed by atoms with Gasteiger partial charge in [-0.3, -0.25) is 4.79 Å². The van der Waals surface area contributed by atoms with Gasteiger partial charge < -0.3 is 48.7 Å². The van der Waals surface area contributed by atoms with E-state index in [1.807, 2.05) is 58.0 Å². The fraction of sp³-hybridized carbons (Fsp3) is 0.710. The molecule has 0 radical (unpaired) electrons. The van der Waals surface area contributed by atoms with Gasteiger partial charge in [-0.05, 0) is 12.5 Å². The Morgan fingerprint density at radius 1 is 1.17 bits per heavy atom. The summed E-state index contributed by atoms with van der Waals surface area (Å²) in [6.45, 7) is 11.7. The maximum atomic E-state index is 14.1. The number of amides is 1. The molecule has 236 valence electrons. The van der Waals surface area contributed by atoms with Crippen molar-refractivity contribution >= 4 is 5.91 Å². The number of fused-ring (bicyclic) bond motifs is 1. The molecule has 3 aliphatic rings. The van der Waals surface area contributed by atoms with Gasteiger partial charge in [0.2, 0.25) is 5.79 Å². The highest BCUT2D eigenvalue weighted by Gasteiger charge is 2.57. The predicted molar refractivity (Wildman–Crippen MR) is 152 cm³/mol. The molecule has 0 aromatic heterocycles. The summed E-state index contributed by atoms with van der Waals surface area (Å²) in [5.41, 5.74) is 1.19. The van der Waals surface area contributed by atoms with E-state index >= 15 is 0 Å². The van der Waals surface area contributed by atoms with Crippen molar-refractivity contribution in [1.82, 2.24) is 5.32 Å². The third kappa shape index (κ3) is 6.74. The van der Waals surface area contributed by atoms with Gasteiger partial charge in [-0.25, -0.2) is 0 Å². The SMILES string of the molecule is C=C1C[C@](OC)([C@H](OCc2ccccc2)C(=O)N[C@H]2OCO[C@H]3[C@@H]2O[C@H](C[C@@H](O)CO)C(C)(C)[C@@H]3OC)O[C@H](C)[C@@H]1C. The Morgan fingerprint density at radius 2 is 1.88 bits per heavy atom. The number of hydrogen-bond donors (Lipinski definition) is 3. The number of carbonyl (C=O) groups excluding carboxylic acids is 1. The van der Waals surface area contributed by atoms with Crippen LogP contribution in [-0.4, -0.2) is 98.5 Å². The fourth-order valence-corrected chi connectivity index (χ4v) is 6.20. The lowest BCUT2D eigenvalue weighted by molar-refractivity contribution is -0.333. The van der Waals surface area contributed by atoms with E-state index in [-0.39, 0.29) is 38.3 Å². The van der Waals surface area contributed by atoms with Gasteiger partial charge >= 0.3 is 0 Å². The van der Waals surface area contributed by atoms with Crippen molar-refractivity contribution in [3.05, 3.63) is 48.0 Å². The van der Waals surface area contributed by atoms with E-state index < -0.39 is 66.6 Å². The largest absolute Gasteiger partial charge is 0.394 e. The zero-order valence-electron chi connectivity index (χ0n) is 25.5. The van der Waals surface area contributed by atoms with Gasteiger partial charge in [0.1, 0.15) is 19.0 Å². The van der Waals surface area contributed by atoms with Crippen molar-refractivity contribution in [2.24, 2.45) is 11.3 Å². The minimum atomic E-state index is -1.43. The Hall–Kier alpha value is -1.93. The number of aliphatic hydroxyl groups excluding tert-OH is 2. The first-order valence-electron chi connectivity index (χ1n) is 14.5. The molecule has 3 N–H and O–H groups in total. The minimum absolute atomic E-state index is 0.0712. The van der Waals surface area contributed by atoms with E-state index in [1.165, 1.54) is 7.11 Å². The van der Waals surface area contributed by atoms with Crippen LogP contribution < -0.4 is 5.32 Å². The molecule has 0 spiro atoms. The van der Waals surface area contributed by atoms with E-state index in [0.717, 1.165) is 11.1 Å². The number of methoxy groups -OCH3 is 2. The Bertz CT molecular complexity index is 1050. The number of nitrogens with one attached hydrogen (secondary N) is 1. The highest BCUT2D eigenvalue weighted by molar-refractivity contribution is 5.82. The van der Waals surface area contributed by atoms with Crippen LogP contribution in [0, 0.1) is 11.3 Å². The Balaban J connectivity index is 1.61. The second-order valence-electron chi connectivity index (χ2n) is 12.1. The summed E-state index contributed by atoms with van der Waals surface area (Å²) in [5.74, 6) is -1.87. The van der Waals surface area contributed by atoms with Crippen molar-refractivity contribution in [2.45, 2.75) is 102 Å². The van der Waals surface area contributed by atoms with Crippen molar-refractivity contribution < 1.29 is 48.2 Å². The summed E-state index contributed by atoms with van der Waals surface area (Å²) in [4.78, 5) is 14.1. The number of ether oxygens (including phenoxy) is 7. The van der Waals surface area contributed by atoms with Gasteiger partial charge in [0.05, 0.1) is 37.6 Å². The molecule has 1 aromatic rings. The molecule has 0 unspecified atom stereocenters. The van der Waals surface area contributed by atoms with E-state index in [4.69, 9.17) is 33.2 Å². The highest BCUT2D eigenvalue weighted by atomic mass is 16.7. The van der Waals surface area contributed by atoms with E-state index in [0.29, 0.717) is 0 Å². The molecule has 0 bridgehead atoms. The number of hydrogen-bond acceptors (Lipinski definition) is 10. The average molecular weight is 594 g/mol. The topological polar surface area (TPSA) is 134 Å². The molecular formula is C31H47NO10.